The molecule has 2 aromatic rings. The molecule has 0 aliphatic heterocycles. The molecule has 3 heteroatoms. The van der Waals surface area contributed by atoms with Gasteiger partial charge in [0.05, 0.1) is 0 Å². The molecular weight excluding hydrogens is 317 g/mol. The van der Waals surface area contributed by atoms with Crippen molar-refractivity contribution in [2.45, 2.75) is 32.4 Å². The molecule has 2 aromatic carbocycles. The van der Waals surface area contributed by atoms with Crippen LogP contribution in [0.3, 0.4) is 0 Å². The quantitative estimate of drug-likeness (QED) is 0.772. The smallest absolute Gasteiger partial charge is 0.123 e. The van der Waals surface area contributed by atoms with Gasteiger partial charge in [-0.2, -0.15) is 0 Å². The fourth-order valence-electron chi connectivity index (χ4n) is 2.32. The molecule has 0 saturated carbocycles. The lowest BCUT2D eigenvalue weighted by atomic mass is 10.0. The normalized spacial score (nSPS) is 14.0. The van der Waals surface area contributed by atoms with Gasteiger partial charge < -0.3 is 5.32 Å². The number of hydrogen-bond acceptors (Lipinski definition) is 1. The highest BCUT2D eigenvalue weighted by Gasteiger charge is 2.14. The summed E-state index contributed by atoms with van der Waals surface area (Å²) in [5.74, 6) is -0.181. The van der Waals surface area contributed by atoms with Crippen molar-refractivity contribution in [3.63, 3.8) is 0 Å². The van der Waals surface area contributed by atoms with Gasteiger partial charge in [-0.3, -0.25) is 0 Å². The topological polar surface area (TPSA) is 12.0 Å². The van der Waals surface area contributed by atoms with Crippen LogP contribution in [0.5, 0.6) is 0 Å². The fourth-order valence-corrected chi connectivity index (χ4v) is 2.59. The second-order valence-electron chi connectivity index (χ2n) is 4.96. The highest BCUT2D eigenvalue weighted by atomic mass is 79.9. The third-order valence-electron chi connectivity index (χ3n) is 3.48. The van der Waals surface area contributed by atoms with Gasteiger partial charge in [-0.05, 0) is 48.7 Å². The van der Waals surface area contributed by atoms with E-state index in [1.165, 1.54) is 11.6 Å². The highest BCUT2D eigenvalue weighted by molar-refractivity contribution is 9.10. The molecular formula is C17H19BrFN. The molecule has 0 spiro atoms. The van der Waals surface area contributed by atoms with E-state index in [-0.39, 0.29) is 17.9 Å². The second kappa shape index (κ2) is 7.00. The summed E-state index contributed by atoms with van der Waals surface area (Å²) < 4.78 is 14.4. The third kappa shape index (κ3) is 3.90. The first-order chi connectivity index (χ1) is 9.60. The summed E-state index contributed by atoms with van der Waals surface area (Å²) in [5, 5.41) is 3.56. The summed E-state index contributed by atoms with van der Waals surface area (Å²) >= 11 is 3.44. The fraction of sp³-hybridized carbons (Fsp3) is 0.294. The van der Waals surface area contributed by atoms with Crippen molar-refractivity contribution in [2.75, 3.05) is 0 Å². The summed E-state index contributed by atoms with van der Waals surface area (Å²) in [6, 6.07) is 15.5. The average molecular weight is 336 g/mol. The Morgan fingerprint density at radius 1 is 1.10 bits per heavy atom. The standard InChI is InChI=1S/C17H19BrFN/c1-3-17(14-5-4-6-16(19)11-14)20-12(2)13-7-9-15(18)10-8-13/h4-12,17,20H,3H2,1-2H3. The molecule has 0 aromatic heterocycles. The minimum absolute atomic E-state index is 0.157. The molecule has 1 nitrogen and oxygen atoms in total. The molecule has 0 saturated heterocycles. The molecule has 2 rings (SSSR count). The minimum Gasteiger partial charge on any atom is -0.303 e. The summed E-state index contributed by atoms with van der Waals surface area (Å²) in [7, 11) is 0. The van der Waals surface area contributed by atoms with Gasteiger partial charge >= 0.3 is 0 Å². The number of halogens is 2. The molecule has 0 aliphatic rings. The van der Waals surface area contributed by atoms with Gasteiger partial charge in [0.25, 0.3) is 0 Å². The Labute approximate surface area is 128 Å². The molecule has 0 heterocycles. The van der Waals surface area contributed by atoms with E-state index in [4.69, 9.17) is 0 Å². The zero-order valence-corrected chi connectivity index (χ0v) is 13.3. The number of hydrogen-bond donors (Lipinski definition) is 1. The molecule has 2 unspecified atom stereocenters. The van der Waals surface area contributed by atoms with Crippen LogP contribution >= 0.6 is 15.9 Å². The van der Waals surface area contributed by atoms with Gasteiger partial charge in [0.2, 0.25) is 0 Å². The van der Waals surface area contributed by atoms with E-state index in [0.29, 0.717) is 0 Å². The van der Waals surface area contributed by atoms with E-state index >= 15 is 0 Å². The lowest BCUT2D eigenvalue weighted by molar-refractivity contribution is 0.454. The Morgan fingerprint density at radius 2 is 1.80 bits per heavy atom. The predicted octanol–water partition coefficient (Wildman–Crippen LogP) is 5.39. The first-order valence-electron chi connectivity index (χ1n) is 6.87. The van der Waals surface area contributed by atoms with Crippen molar-refractivity contribution < 1.29 is 4.39 Å². The lowest BCUT2D eigenvalue weighted by Gasteiger charge is -2.23. The van der Waals surface area contributed by atoms with Crippen LogP contribution in [0.25, 0.3) is 0 Å². The third-order valence-corrected chi connectivity index (χ3v) is 4.01. The zero-order valence-electron chi connectivity index (χ0n) is 11.7. The van der Waals surface area contributed by atoms with Crippen molar-refractivity contribution >= 4 is 15.9 Å². The largest absolute Gasteiger partial charge is 0.303 e. The summed E-state index contributed by atoms with van der Waals surface area (Å²) in [6.45, 7) is 4.24. The van der Waals surface area contributed by atoms with Gasteiger partial charge in [-0.15, -0.1) is 0 Å². The van der Waals surface area contributed by atoms with E-state index in [2.05, 4.69) is 47.2 Å². The predicted molar refractivity (Wildman–Crippen MR) is 85.1 cm³/mol. The SMILES string of the molecule is CCC(NC(C)c1ccc(Br)cc1)c1cccc(F)c1. The maximum atomic E-state index is 13.3. The summed E-state index contributed by atoms with van der Waals surface area (Å²) in [6.07, 6.45) is 0.921. The molecule has 2 atom stereocenters. The Morgan fingerprint density at radius 3 is 2.40 bits per heavy atom. The Balaban J connectivity index is 2.11. The number of benzene rings is 2. The number of nitrogens with one attached hydrogen (secondary N) is 1. The molecule has 1 N–H and O–H groups in total. The molecule has 0 aliphatic carbocycles. The molecule has 0 amide bonds. The average Bonchev–Trinajstić information content (AvgIpc) is 2.45. The van der Waals surface area contributed by atoms with Crippen LogP contribution in [0.2, 0.25) is 0 Å². The van der Waals surface area contributed by atoms with Crippen molar-refractivity contribution in [1.82, 2.24) is 5.32 Å². The first-order valence-corrected chi connectivity index (χ1v) is 7.66. The van der Waals surface area contributed by atoms with Crippen LogP contribution in [0.1, 0.15) is 43.5 Å². The van der Waals surface area contributed by atoms with E-state index < -0.39 is 0 Å². The van der Waals surface area contributed by atoms with Crippen LogP contribution in [-0.2, 0) is 0 Å². The van der Waals surface area contributed by atoms with Crippen molar-refractivity contribution in [3.05, 3.63) is 69.9 Å². The Hall–Kier alpha value is -1.19. The molecule has 0 bridgehead atoms. The second-order valence-corrected chi connectivity index (χ2v) is 5.87. The van der Waals surface area contributed by atoms with Crippen LogP contribution in [0, 0.1) is 5.82 Å². The molecule has 0 fully saturated rings. The van der Waals surface area contributed by atoms with Crippen LogP contribution in [0.4, 0.5) is 4.39 Å². The Bertz CT molecular complexity index is 553. The van der Waals surface area contributed by atoms with Gasteiger partial charge in [-0.1, -0.05) is 47.1 Å². The van der Waals surface area contributed by atoms with Gasteiger partial charge in [0, 0.05) is 16.6 Å². The monoisotopic (exact) mass is 335 g/mol. The van der Waals surface area contributed by atoms with Gasteiger partial charge in [0.1, 0.15) is 5.82 Å². The molecule has 20 heavy (non-hydrogen) atoms. The maximum absolute atomic E-state index is 13.3. The van der Waals surface area contributed by atoms with Gasteiger partial charge in [-0.25, -0.2) is 4.39 Å². The minimum atomic E-state index is -0.181. The van der Waals surface area contributed by atoms with Gasteiger partial charge in [0.15, 0.2) is 0 Å². The summed E-state index contributed by atoms with van der Waals surface area (Å²) in [4.78, 5) is 0. The van der Waals surface area contributed by atoms with Crippen LogP contribution in [-0.4, -0.2) is 0 Å². The summed E-state index contributed by atoms with van der Waals surface area (Å²) in [5.41, 5.74) is 2.22. The number of rotatable bonds is 5. The molecule has 106 valence electrons. The van der Waals surface area contributed by atoms with E-state index in [1.54, 1.807) is 12.1 Å². The van der Waals surface area contributed by atoms with Crippen molar-refractivity contribution in [1.29, 1.82) is 0 Å². The maximum Gasteiger partial charge on any atom is 0.123 e. The van der Waals surface area contributed by atoms with Crippen molar-refractivity contribution in [3.8, 4) is 0 Å². The lowest BCUT2D eigenvalue weighted by Crippen LogP contribution is -2.24. The van der Waals surface area contributed by atoms with E-state index in [0.717, 1.165) is 16.5 Å². The molecule has 0 radical (unpaired) electrons. The van der Waals surface area contributed by atoms with Crippen molar-refractivity contribution in [2.24, 2.45) is 0 Å². The van der Waals surface area contributed by atoms with Crippen LogP contribution < -0.4 is 5.32 Å². The van der Waals surface area contributed by atoms with Crippen LogP contribution in [0.15, 0.2) is 53.0 Å². The zero-order chi connectivity index (χ0) is 14.5. The first kappa shape index (κ1) is 15.2. The van der Waals surface area contributed by atoms with E-state index in [9.17, 15) is 4.39 Å². The Kier molecular flexibility index (Phi) is 5.32. The van der Waals surface area contributed by atoms with E-state index in [1.807, 2.05) is 18.2 Å². The highest BCUT2D eigenvalue weighted by Crippen LogP contribution is 2.23.